The van der Waals surface area contributed by atoms with Crippen molar-refractivity contribution in [1.29, 1.82) is 0 Å². The molecule has 0 aliphatic carbocycles. The van der Waals surface area contributed by atoms with Gasteiger partial charge in [0.1, 0.15) is 5.76 Å². The van der Waals surface area contributed by atoms with E-state index in [0.717, 1.165) is 31.2 Å². The number of aromatic nitrogens is 1. The average molecular weight is 223 g/mol. The van der Waals surface area contributed by atoms with Crippen LogP contribution >= 0.6 is 0 Å². The first kappa shape index (κ1) is 11.6. The summed E-state index contributed by atoms with van der Waals surface area (Å²) in [5, 5.41) is 0. The summed E-state index contributed by atoms with van der Waals surface area (Å²) in [5.74, 6) is 2.09. The second-order valence-corrected chi connectivity index (χ2v) is 4.96. The van der Waals surface area contributed by atoms with Gasteiger partial charge < -0.3 is 15.1 Å². The van der Waals surface area contributed by atoms with Crippen LogP contribution in [0.3, 0.4) is 0 Å². The van der Waals surface area contributed by atoms with Gasteiger partial charge >= 0.3 is 0 Å². The van der Waals surface area contributed by atoms with E-state index in [2.05, 4.69) is 23.7 Å². The van der Waals surface area contributed by atoms with Crippen LogP contribution in [0, 0.1) is 0 Å². The van der Waals surface area contributed by atoms with Crippen molar-refractivity contribution < 1.29 is 4.42 Å². The molecule has 0 bridgehead atoms. The summed E-state index contributed by atoms with van der Waals surface area (Å²) in [7, 11) is 0. The first-order chi connectivity index (χ1) is 7.58. The highest BCUT2D eigenvalue weighted by molar-refractivity contribution is 5.04. The van der Waals surface area contributed by atoms with E-state index in [9.17, 15) is 0 Å². The third-order valence-electron chi connectivity index (χ3n) is 3.29. The molecule has 2 unspecified atom stereocenters. The zero-order valence-electron chi connectivity index (χ0n) is 10.3. The Morgan fingerprint density at radius 3 is 2.75 bits per heavy atom. The largest absolute Gasteiger partial charge is 0.444 e. The molecule has 1 saturated heterocycles. The van der Waals surface area contributed by atoms with Gasteiger partial charge in [0.05, 0.1) is 12.2 Å². The summed E-state index contributed by atoms with van der Waals surface area (Å²) in [6.07, 6.45) is 2.90. The lowest BCUT2D eigenvalue weighted by molar-refractivity contribution is 0.268. The highest BCUT2D eigenvalue weighted by atomic mass is 16.4. The Morgan fingerprint density at radius 2 is 2.25 bits per heavy atom. The maximum atomic E-state index is 5.76. The number of likely N-dealkylation sites (tertiary alicyclic amines) is 1. The molecule has 1 aromatic rings. The number of hydrogen-bond acceptors (Lipinski definition) is 4. The molecule has 1 aliphatic rings. The van der Waals surface area contributed by atoms with E-state index in [1.165, 1.54) is 0 Å². The molecule has 1 aromatic heterocycles. The van der Waals surface area contributed by atoms with Crippen molar-refractivity contribution >= 4 is 0 Å². The third-order valence-corrected chi connectivity index (χ3v) is 3.29. The van der Waals surface area contributed by atoms with Crippen molar-refractivity contribution in [3.05, 3.63) is 17.8 Å². The Bertz CT molecular complexity index is 346. The smallest absolute Gasteiger partial charge is 0.198 e. The van der Waals surface area contributed by atoms with E-state index in [1.54, 1.807) is 6.20 Å². The summed E-state index contributed by atoms with van der Waals surface area (Å²) < 4.78 is 5.69. The number of rotatable bonds is 3. The van der Waals surface area contributed by atoms with Gasteiger partial charge in [-0.3, -0.25) is 0 Å². The lowest BCUT2D eigenvalue weighted by atomic mass is 10.1. The Morgan fingerprint density at radius 1 is 1.50 bits per heavy atom. The van der Waals surface area contributed by atoms with Crippen LogP contribution in [0.1, 0.15) is 50.8 Å². The molecule has 2 heterocycles. The highest BCUT2D eigenvalue weighted by Gasteiger charge is 2.28. The minimum absolute atomic E-state index is 0.0659. The van der Waals surface area contributed by atoms with Crippen LogP contribution in [0.5, 0.6) is 0 Å². The fraction of sp³-hybridized carbons (Fsp3) is 0.750. The number of nitrogens with two attached hydrogens (primary N) is 1. The zero-order valence-corrected chi connectivity index (χ0v) is 10.3. The molecule has 0 amide bonds. The van der Waals surface area contributed by atoms with E-state index < -0.39 is 0 Å². The standard InChI is InChI=1S/C12H21N3O/c1-8(2)15-5-4-10(7-15)12-14-6-11(16-12)9(3)13/h6,8-10H,4-5,7,13H2,1-3H3. The monoisotopic (exact) mass is 223 g/mol. The van der Waals surface area contributed by atoms with Crippen LogP contribution in [0.2, 0.25) is 0 Å². The number of hydrogen-bond donors (Lipinski definition) is 1. The molecule has 0 spiro atoms. The van der Waals surface area contributed by atoms with Gasteiger partial charge in [-0.05, 0) is 33.7 Å². The average Bonchev–Trinajstić information content (AvgIpc) is 2.86. The van der Waals surface area contributed by atoms with Crippen molar-refractivity contribution in [3.63, 3.8) is 0 Å². The molecule has 0 aromatic carbocycles. The summed E-state index contributed by atoms with van der Waals surface area (Å²) in [5.41, 5.74) is 5.76. The zero-order chi connectivity index (χ0) is 11.7. The normalized spacial score (nSPS) is 24.2. The topological polar surface area (TPSA) is 55.3 Å². The van der Waals surface area contributed by atoms with E-state index in [4.69, 9.17) is 10.2 Å². The van der Waals surface area contributed by atoms with Gasteiger partial charge in [0, 0.05) is 18.5 Å². The van der Waals surface area contributed by atoms with E-state index in [0.29, 0.717) is 12.0 Å². The molecule has 1 aliphatic heterocycles. The predicted molar refractivity (Wildman–Crippen MR) is 63.2 cm³/mol. The van der Waals surface area contributed by atoms with E-state index in [-0.39, 0.29) is 6.04 Å². The second kappa shape index (κ2) is 4.55. The SMILES string of the molecule is CC(N)c1cnc(C2CCN(C(C)C)C2)o1. The van der Waals surface area contributed by atoms with Crippen molar-refractivity contribution in [3.8, 4) is 0 Å². The van der Waals surface area contributed by atoms with Crippen molar-refractivity contribution in [1.82, 2.24) is 9.88 Å². The van der Waals surface area contributed by atoms with Crippen LogP contribution in [0.15, 0.2) is 10.6 Å². The first-order valence-electron chi connectivity index (χ1n) is 6.03. The predicted octanol–water partition coefficient (Wildman–Crippen LogP) is 1.89. The molecule has 0 saturated carbocycles. The molecule has 2 rings (SSSR count). The Balaban J connectivity index is 2.03. The minimum Gasteiger partial charge on any atom is -0.444 e. The molecule has 16 heavy (non-hydrogen) atoms. The summed E-state index contributed by atoms with van der Waals surface area (Å²) >= 11 is 0. The molecule has 4 nitrogen and oxygen atoms in total. The fourth-order valence-electron chi connectivity index (χ4n) is 2.16. The number of oxazole rings is 1. The second-order valence-electron chi connectivity index (χ2n) is 4.96. The first-order valence-corrected chi connectivity index (χ1v) is 6.03. The Labute approximate surface area is 96.8 Å². The lowest BCUT2D eigenvalue weighted by Gasteiger charge is -2.19. The third kappa shape index (κ3) is 2.28. The van der Waals surface area contributed by atoms with Crippen LogP contribution in [-0.4, -0.2) is 29.0 Å². The fourth-order valence-corrected chi connectivity index (χ4v) is 2.16. The molecular weight excluding hydrogens is 202 g/mol. The van der Waals surface area contributed by atoms with Crippen LogP contribution in [0.25, 0.3) is 0 Å². The molecule has 1 fully saturated rings. The maximum absolute atomic E-state index is 5.76. The van der Waals surface area contributed by atoms with Crippen molar-refractivity contribution in [2.24, 2.45) is 5.73 Å². The van der Waals surface area contributed by atoms with E-state index >= 15 is 0 Å². The highest BCUT2D eigenvalue weighted by Crippen LogP contribution is 2.28. The molecule has 4 heteroatoms. The maximum Gasteiger partial charge on any atom is 0.198 e. The molecular formula is C12H21N3O. The Kier molecular flexibility index (Phi) is 3.30. The summed E-state index contributed by atoms with van der Waals surface area (Å²) in [6.45, 7) is 8.56. The van der Waals surface area contributed by atoms with Crippen molar-refractivity contribution in [2.45, 2.75) is 45.2 Å². The van der Waals surface area contributed by atoms with Gasteiger partial charge in [-0.25, -0.2) is 4.98 Å². The van der Waals surface area contributed by atoms with Crippen molar-refractivity contribution in [2.75, 3.05) is 13.1 Å². The number of nitrogens with zero attached hydrogens (tertiary/aromatic N) is 2. The quantitative estimate of drug-likeness (QED) is 0.850. The summed E-state index contributed by atoms with van der Waals surface area (Å²) in [6, 6.07) is 0.539. The lowest BCUT2D eigenvalue weighted by Crippen LogP contribution is -2.27. The molecule has 2 N–H and O–H groups in total. The van der Waals surface area contributed by atoms with Gasteiger partial charge in [0.25, 0.3) is 0 Å². The molecule has 90 valence electrons. The summed E-state index contributed by atoms with van der Waals surface area (Å²) in [4.78, 5) is 6.80. The van der Waals surface area contributed by atoms with Gasteiger partial charge in [-0.1, -0.05) is 0 Å². The van der Waals surface area contributed by atoms with Gasteiger partial charge in [0.15, 0.2) is 5.89 Å². The van der Waals surface area contributed by atoms with Crippen LogP contribution in [0.4, 0.5) is 0 Å². The van der Waals surface area contributed by atoms with Gasteiger partial charge in [-0.2, -0.15) is 0 Å². The van der Waals surface area contributed by atoms with Crippen LogP contribution < -0.4 is 5.73 Å². The minimum atomic E-state index is -0.0659. The van der Waals surface area contributed by atoms with Crippen LogP contribution in [-0.2, 0) is 0 Å². The Hall–Kier alpha value is -0.870. The van der Waals surface area contributed by atoms with E-state index in [1.807, 2.05) is 6.92 Å². The van der Waals surface area contributed by atoms with Gasteiger partial charge in [-0.15, -0.1) is 0 Å². The molecule has 0 radical (unpaired) electrons. The molecule has 2 atom stereocenters. The van der Waals surface area contributed by atoms with Gasteiger partial charge in [0.2, 0.25) is 0 Å².